The van der Waals surface area contributed by atoms with Gasteiger partial charge in [-0.2, -0.15) is 0 Å². The second kappa shape index (κ2) is 8.18. The van der Waals surface area contributed by atoms with Crippen molar-refractivity contribution in [3.63, 3.8) is 0 Å². The number of hydrogen-bond donors (Lipinski definition) is 1. The smallest absolute Gasteiger partial charge is 0.263 e. The van der Waals surface area contributed by atoms with Crippen molar-refractivity contribution in [3.8, 4) is 11.5 Å². The van der Waals surface area contributed by atoms with Crippen LogP contribution in [-0.2, 0) is 4.79 Å². The summed E-state index contributed by atoms with van der Waals surface area (Å²) in [5, 5.41) is 6.24. The van der Waals surface area contributed by atoms with Gasteiger partial charge in [-0.05, 0) is 19.1 Å². The number of ketones is 1. The Bertz CT molecular complexity index is 950. The summed E-state index contributed by atoms with van der Waals surface area (Å²) >= 11 is 0. The van der Waals surface area contributed by atoms with Gasteiger partial charge in [0.1, 0.15) is 17.3 Å². The van der Waals surface area contributed by atoms with Gasteiger partial charge < -0.3 is 19.3 Å². The molecule has 1 amide bonds. The Kier molecular flexibility index (Phi) is 5.51. The molecule has 0 aliphatic carbocycles. The quantitative estimate of drug-likeness (QED) is 0.646. The lowest BCUT2D eigenvalue weighted by Gasteiger charge is -2.12. The molecule has 3 aromatic rings. The molecule has 138 valence electrons. The summed E-state index contributed by atoms with van der Waals surface area (Å²) in [4.78, 5) is 24.8. The SMILES string of the molecule is COc1ccc(C(=O)c2ccccc2)c(OCC(=O)Nc2cc(C)on2)c1. The first-order chi connectivity index (χ1) is 13.1. The number of benzene rings is 2. The third-order valence-electron chi connectivity index (χ3n) is 3.72. The van der Waals surface area contributed by atoms with E-state index in [-0.39, 0.29) is 18.1 Å². The Labute approximate surface area is 155 Å². The highest BCUT2D eigenvalue weighted by molar-refractivity contribution is 6.10. The van der Waals surface area contributed by atoms with E-state index in [1.807, 2.05) is 6.07 Å². The van der Waals surface area contributed by atoms with E-state index in [0.717, 1.165) is 0 Å². The number of hydrogen-bond acceptors (Lipinski definition) is 6. The zero-order chi connectivity index (χ0) is 19.2. The number of rotatable bonds is 7. The van der Waals surface area contributed by atoms with Crippen molar-refractivity contribution in [2.45, 2.75) is 6.92 Å². The minimum Gasteiger partial charge on any atom is -0.497 e. The Morgan fingerprint density at radius 1 is 1.11 bits per heavy atom. The highest BCUT2D eigenvalue weighted by atomic mass is 16.5. The maximum atomic E-state index is 12.8. The molecule has 1 N–H and O–H groups in total. The van der Waals surface area contributed by atoms with Crippen LogP contribution in [0.2, 0.25) is 0 Å². The van der Waals surface area contributed by atoms with Gasteiger partial charge in [-0.3, -0.25) is 9.59 Å². The van der Waals surface area contributed by atoms with Gasteiger partial charge in [0.25, 0.3) is 5.91 Å². The Balaban J connectivity index is 1.76. The standard InChI is InChI=1S/C20H18N2O5/c1-13-10-18(22-27-13)21-19(23)12-26-17-11-15(25-2)8-9-16(17)20(24)14-6-4-3-5-7-14/h3-11H,12H2,1-2H3,(H,21,22,23). The highest BCUT2D eigenvalue weighted by Gasteiger charge is 2.17. The molecule has 7 heteroatoms. The molecule has 0 unspecified atom stereocenters. The summed E-state index contributed by atoms with van der Waals surface area (Å²) in [5.41, 5.74) is 0.863. The maximum Gasteiger partial charge on any atom is 0.263 e. The van der Waals surface area contributed by atoms with E-state index in [2.05, 4.69) is 10.5 Å². The average Bonchev–Trinajstić information content (AvgIpc) is 3.10. The number of nitrogens with zero attached hydrogens (tertiary/aromatic N) is 1. The van der Waals surface area contributed by atoms with Gasteiger partial charge in [0.15, 0.2) is 18.2 Å². The van der Waals surface area contributed by atoms with Crippen LogP contribution in [-0.4, -0.2) is 30.6 Å². The molecule has 2 aromatic carbocycles. The van der Waals surface area contributed by atoms with Crippen molar-refractivity contribution in [2.75, 3.05) is 19.0 Å². The second-order valence-corrected chi connectivity index (χ2v) is 5.72. The first-order valence-corrected chi connectivity index (χ1v) is 8.20. The lowest BCUT2D eigenvalue weighted by Crippen LogP contribution is -2.21. The highest BCUT2D eigenvalue weighted by Crippen LogP contribution is 2.27. The zero-order valence-electron chi connectivity index (χ0n) is 14.9. The molecular weight excluding hydrogens is 348 g/mol. The zero-order valence-corrected chi connectivity index (χ0v) is 14.9. The van der Waals surface area contributed by atoms with E-state index < -0.39 is 5.91 Å². The molecule has 0 aliphatic heterocycles. The number of ether oxygens (including phenoxy) is 2. The summed E-state index contributed by atoms with van der Waals surface area (Å²) in [6.45, 7) is 1.42. The summed E-state index contributed by atoms with van der Waals surface area (Å²) < 4.78 is 15.7. The van der Waals surface area contributed by atoms with Crippen LogP contribution in [0.5, 0.6) is 11.5 Å². The Morgan fingerprint density at radius 3 is 2.56 bits per heavy atom. The fourth-order valence-electron chi connectivity index (χ4n) is 2.43. The van der Waals surface area contributed by atoms with Crippen LogP contribution in [0.15, 0.2) is 59.1 Å². The predicted octanol–water partition coefficient (Wildman–Crippen LogP) is 3.24. The maximum absolute atomic E-state index is 12.8. The third-order valence-corrected chi connectivity index (χ3v) is 3.72. The predicted molar refractivity (Wildman–Crippen MR) is 98.2 cm³/mol. The van der Waals surface area contributed by atoms with E-state index in [1.165, 1.54) is 7.11 Å². The molecule has 0 radical (unpaired) electrons. The average molecular weight is 366 g/mol. The van der Waals surface area contributed by atoms with Crippen molar-refractivity contribution in [3.05, 3.63) is 71.5 Å². The van der Waals surface area contributed by atoms with Gasteiger partial charge in [-0.25, -0.2) is 0 Å². The molecule has 0 saturated carbocycles. The molecule has 7 nitrogen and oxygen atoms in total. The van der Waals surface area contributed by atoms with Crippen molar-refractivity contribution < 1.29 is 23.6 Å². The Hall–Kier alpha value is -3.61. The summed E-state index contributed by atoms with van der Waals surface area (Å²) in [7, 11) is 1.51. The summed E-state index contributed by atoms with van der Waals surface area (Å²) in [6.07, 6.45) is 0. The number of amides is 1. The molecule has 0 bridgehead atoms. The van der Waals surface area contributed by atoms with Gasteiger partial charge in [0.2, 0.25) is 0 Å². The molecule has 0 fully saturated rings. The molecule has 0 saturated heterocycles. The number of nitrogens with one attached hydrogen (secondary N) is 1. The molecular formula is C20H18N2O5. The molecule has 0 spiro atoms. The number of methoxy groups -OCH3 is 1. The first-order valence-electron chi connectivity index (χ1n) is 8.20. The fourth-order valence-corrected chi connectivity index (χ4v) is 2.43. The number of carbonyl (C=O) groups is 2. The van der Waals surface area contributed by atoms with E-state index in [0.29, 0.717) is 28.5 Å². The minimum atomic E-state index is -0.427. The molecule has 0 atom stereocenters. The largest absolute Gasteiger partial charge is 0.497 e. The van der Waals surface area contributed by atoms with E-state index in [1.54, 1.807) is 55.5 Å². The summed E-state index contributed by atoms with van der Waals surface area (Å²) in [5.74, 6) is 1.02. The van der Waals surface area contributed by atoms with E-state index in [9.17, 15) is 9.59 Å². The number of aromatic nitrogens is 1. The van der Waals surface area contributed by atoms with Crippen LogP contribution in [0.4, 0.5) is 5.82 Å². The van der Waals surface area contributed by atoms with Gasteiger partial charge in [-0.1, -0.05) is 35.5 Å². The van der Waals surface area contributed by atoms with Crippen molar-refractivity contribution in [1.82, 2.24) is 5.16 Å². The van der Waals surface area contributed by atoms with Crippen molar-refractivity contribution in [2.24, 2.45) is 0 Å². The molecule has 1 aromatic heterocycles. The Morgan fingerprint density at radius 2 is 1.89 bits per heavy atom. The van der Waals surface area contributed by atoms with Crippen molar-refractivity contribution >= 4 is 17.5 Å². The molecule has 3 rings (SSSR count). The van der Waals surface area contributed by atoms with Gasteiger partial charge in [0, 0.05) is 17.7 Å². The van der Waals surface area contributed by atoms with E-state index >= 15 is 0 Å². The first kappa shape index (κ1) is 18.2. The van der Waals surface area contributed by atoms with Crippen LogP contribution in [0.25, 0.3) is 0 Å². The van der Waals surface area contributed by atoms with E-state index in [4.69, 9.17) is 14.0 Å². The molecule has 1 heterocycles. The van der Waals surface area contributed by atoms with Gasteiger partial charge in [-0.15, -0.1) is 0 Å². The number of anilines is 1. The van der Waals surface area contributed by atoms with Crippen LogP contribution < -0.4 is 14.8 Å². The van der Waals surface area contributed by atoms with Crippen LogP contribution >= 0.6 is 0 Å². The van der Waals surface area contributed by atoms with Crippen LogP contribution in [0, 0.1) is 6.92 Å². The third kappa shape index (κ3) is 4.52. The minimum absolute atomic E-state index is 0.208. The van der Waals surface area contributed by atoms with Gasteiger partial charge >= 0.3 is 0 Å². The molecule has 0 aliphatic rings. The lowest BCUT2D eigenvalue weighted by molar-refractivity contribution is -0.118. The lowest BCUT2D eigenvalue weighted by atomic mass is 10.0. The van der Waals surface area contributed by atoms with Crippen molar-refractivity contribution in [1.29, 1.82) is 0 Å². The topological polar surface area (TPSA) is 90.7 Å². The molecule has 27 heavy (non-hydrogen) atoms. The van der Waals surface area contributed by atoms with Crippen LogP contribution in [0.3, 0.4) is 0 Å². The fraction of sp³-hybridized carbons (Fsp3) is 0.150. The number of aryl methyl sites for hydroxylation is 1. The van der Waals surface area contributed by atoms with Crippen LogP contribution in [0.1, 0.15) is 21.7 Å². The second-order valence-electron chi connectivity index (χ2n) is 5.72. The van der Waals surface area contributed by atoms with Gasteiger partial charge in [0.05, 0.1) is 12.7 Å². The monoisotopic (exact) mass is 366 g/mol. The normalized spacial score (nSPS) is 10.3. The number of carbonyl (C=O) groups excluding carboxylic acids is 2. The summed E-state index contributed by atoms with van der Waals surface area (Å²) in [6, 6.07) is 15.3.